The normalized spacial score (nSPS) is 29.4. The Morgan fingerprint density at radius 2 is 1.87 bits per heavy atom. The van der Waals surface area contributed by atoms with Crippen LogP contribution in [-0.2, 0) is 21.8 Å². The van der Waals surface area contributed by atoms with Gasteiger partial charge in [-0.3, -0.25) is 0 Å². The van der Waals surface area contributed by atoms with E-state index < -0.39 is 10.0 Å². The molecule has 10 heteroatoms. The van der Waals surface area contributed by atoms with Gasteiger partial charge in [-0.15, -0.1) is 0 Å². The summed E-state index contributed by atoms with van der Waals surface area (Å²) in [6.07, 6.45) is 6.31. The van der Waals surface area contributed by atoms with Crippen molar-refractivity contribution in [3.05, 3.63) is 35.9 Å². The van der Waals surface area contributed by atoms with Crippen LogP contribution in [0.4, 0.5) is 5.95 Å². The maximum absolute atomic E-state index is 12.0. The van der Waals surface area contributed by atoms with E-state index >= 15 is 0 Å². The van der Waals surface area contributed by atoms with Crippen LogP contribution < -0.4 is 9.62 Å². The average molecular weight is 449 g/mol. The third-order valence-corrected chi connectivity index (χ3v) is 7.26. The van der Waals surface area contributed by atoms with E-state index in [1.165, 1.54) is 11.8 Å². The number of nitrogens with zero attached hydrogens (tertiary/aromatic N) is 5. The van der Waals surface area contributed by atoms with E-state index in [9.17, 15) is 8.42 Å². The molecule has 31 heavy (non-hydrogen) atoms. The Hall–Kier alpha value is -2.04. The zero-order valence-electron chi connectivity index (χ0n) is 18.4. The molecule has 3 atom stereocenters. The molecule has 2 aliphatic rings. The van der Waals surface area contributed by atoms with Crippen molar-refractivity contribution in [3.63, 3.8) is 0 Å². The van der Waals surface area contributed by atoms with E-state index in [1.54, 1.807) is 11.7 Å². The number of ether oxygens (including phenoxy) is 1. The molecule has 0 amide bonds. The van der Waals surface area contributed by atoms with Crippen LogP contribution in [0.3, 0.4) is 0 Å². The molecule has 1 aliphatic heterocycles. The van der Waals surface area contributed by atoms with Gasteiger partial charge in [0.05, 0.1) is 25.0 Å². The van der Waals surface area contributed by atoms with Crippen molar-refractivity contribution in [2.45, 2.75) is 69.2 Å². The predicted octanol–water partition coefficient (Wildman–Crippen LogP) is 1.84. The molecule has 0 spiro atoms. The van der Waals surface area contributed by atoms with Crippen LogP contribution in [0, 0.1) is 0 Å². The standard InChI is InChI=1S/C21H32N6O3S/c1-15-13-19(23-31(3,28)29)20(27(15)21-22-24-25-26(21)2)14-30-18-11-9-17(10-12-18)16-7-5-4-6-8-16/h4-8,15,17-20,23H,9-14H2,1-3H3/t15-,17?,18?,19+,20+/m1/s1. The van der Waals surface area contributed by atoms with Gasteiger partial charge in [0.25, 0.3) is 0 Å². The molecule has 1 aliphatic carbocycles. The van der Waals surface area contributed by atoms with E-state index in [0.29, 0.717) is 24.9 Å². The molecule has 2 heterocycles. The molecule has 0 bridgehead atoms. The first-order valence-electron chi connectivity index (χ1n) is 11.0. The highest BCUT2D eigenvalue weighted by molar-refractivity contribution is 7.88. The van der Waals surface area contributed by atoms with Gasteiger partial charge in [-0.05, 0) is 60.9 Å². The van der Waals surface area contributed by atoms with E-state index in [1.807, 2.05) is 0 Å². The van der Waals surface area contributed by atoms with Gasteiger partial charge in [0.2, 0.25) is 16.0 Å². The van der Waals surface area contributed by atoms with Crippen LogP contribution in [0.5, 0.6) is 0 Å². The highest BCUT2D eigenvalue weighted by Crippen LogP contribution is 2.35. The first-order valence-corrected chi connectivity index (χ1v) is 12.9. The molecule has 0 radical (unpaired) electrons. The van der Waals surface area contributed by atoms with Crippen LogP contribution in [0.1, 0.15) is 50.5 Å². The number of sulfonamides is 1. The Morgan fingerprint density at radius 1 is 1.16 bits per heavy atom. The molecular formula is C21H32N6O3S. The maximum Gasteiger partial charge on any atom is 0.245 e. The van der Waals surface area contributed by atoms with Crippen molar-refractivity contribution < 1.29 is 13.2 Å². The molecule has 0 unspecified atom stereocenters. The fourth-order valence-corrected chi connectivity index (χ4v) is 5.87. The van der Waals surface area contributed by atoms with E-state index in [2.05, 4.69) is 62.4 Å². The van der Waals surface area contributed by atoms with Gasteiger partial charge in [-0.2, -0.15) is 0 Å². The van der Waals surface area contributed by atoms with Crippen molar-refractivity contribution in [1.82, 2.24) is 24.9 Å². The van der Waals surface area contributed by atoms with Gasteiger partial charge in [0.15, 0.2) is 0 Å². The number of hydrogen-bond donors (Lipinski definition) is 1. The lowest BCUT2D eigenvalue weighted by molar-refractivity contribution is 0.0153. The molecule has 2 fully saturated rings. The molecule has 1 saturated carbocycles. The van der Waals surface area contributed by atoms with Crippen molar-refractivity contribution in [1.29, 1.82) is 0 Å². The third-order valence-electron chi connectivity index (χ3n) is 6.53. The quantitative estimate of drug-likeness (QED) is 0.689. The molecule has 1 aromatic carbocycles. The van der Waals surface area contributed by atoms with Crippen LogP contribution >= 0.6 is 0 Å². The Bertz CT molecular complexity index is 959. The first-order chi connectivity index (χ1) is 14.8. The lowest BCUT2D eigenvalue weighted by Crippen LogP contribution is -2.49. The summed E-state index contributed by atoms with van der Waals surface area (Å²) in [6, 6.07) is 10.4. The number of benzene rings is 1. The fourth-order valence-electron chi connectivity index (χ4n) is 5.07. The summed E-state index contributed by atoms with van der Waals surface area (Å²) in [4.78, 5) is 2.10. The molecule has 1 N–H and O–H groups in total. The summed E-state index contributed by atoms with van der Waals surface area (Å²) in [5.74, 6) is 1.22. The third kappa shape index (κ3) is 5.24. The second-order valence-corrected chi connectivity index (χ2v) is 10.7. The highest BCUT2D eigenvalue weighted by atomic mass is 32.2. The molecule has 1 aromatic heterocycles. The molecule has 9 nitrogen and oxygen atoms in total. The van der Waals surface area contributed by atoms with E-state index in [4.69, 9.17) is 4.74 Å². The summed E-state index contributed by atoms with van der Waals surface area (Å²) >= 11 is 0. The molecule has 170 valence electrons. The number of aromatic nitrogens is 4. The minimum atomic E-state index is -3.34. The topological polar surface area (TPSA) is 102 Å². The average Bonchev–Trinajstić information content (AvgIpc) is 3.28. The Morgan fingerprint density at radius 3 is 2.48 bits per heavy atom. The summed E-state index contributed by atoms with van der Waals surface area (Å²) in [5, 5.41) is 11.9. The number of nitrogens with one attached hydrogen (secondary N) is 1. The van der Waals surface area contributed by atoms with Gasteiger partial charge in [0.1, 0.15) is 0 Å². The van der Waals surface area contributed by atoms with Gasteiger partial charge < -0.3 is 9.64 Å². The summed E-state index contributed by atoms with van der Waals surface area (Å²) in [5.41, 5.74) is 1.41. The summed E-state index contributed by atoms with van der Waals surface area (Å²) < 4.78 is 34.7. The fraction of sp³-hybridized carbons (Fsp3) is 0.667. The van der Waals surface area contributed by atoms with Crippen molar-refractivity contribution in [2.24, 2.45) is 7.05 Å². The van der Waals surface area contributed by atoms with Crippen molar-refractivity contribution in [3.8, 4) is 0 Å². The van der Waals surface area contributed by atoms with E-state index in [0.717, 1.165) is 25.7 Å². The van der Waals surface area contributed by atoms with Crippen LogP contribution in [0.2, 0.25) is 0 Å². The van der Waals surface area contributed by atoms with Gasteiger partial charge >= 0.3 is 0 Å². The number of hydrogen-bond acceptors (Lipinski definition) is 7. The second-order valence-electron chi connectivity index (χ2n) is 8.88. The SMILES string of the molecule is C[C@@H]1C[C@H](NS(C)(=O)=O)[C@H](COC2CCC(c3ccccc3)CC2)N1c1nnnn1C. The van der Waals surface area contributed by atoms with Crippen molar-refractivity contribution >= 4 is 16.0 Å². The lowest BCUT2D eigenvalue weighted by atomic mass is 9.83. The van der Waals surface area contributed by atoms with Crippen molar-refractivity contribution in [2.75, 3.05) is 17.8 Å². The van der Waals surface area contributed by atoms with Crippen LogP contribution in [0.25, 0.3) is 0 Å². The van der Waals surface area contributed by atoms with Crippen LogP contribution in [-0.4, -0.2) is 65.7 Å². The van der Waals surface area contributed by atoms with Crippen LogP contribution in [0.15, 0.2) is 30.3 Å². The maximum atomic E-state index is 12.0. The predicted molar refractivity (Wildman–Crippen MR) is 118 cm³/mol. The smallest absolute Gasteiger partial charge is 0.245 e. The van der Waals surface area contributed by atoms with Gasteiger partial charge in [-0.25, -0.2) is 17.8 Å². The second kappa shape index (κ2) is 9.22. The lowest BCUT2D eigenvalue weighted by Gasteiger charge is -2.33. The Balaban J connectivity index is 1.42. The molecule has 2 aromatic rings. The monoisotopic (exact) mass is 448 g/mol. The van der Waals surface area contributed by atoms with Gasteiger partial charge in [-0.1, -0.05) is 35.4 Å². The zero-order valence-corrected chi connectivity index (χ0v) is 19.2. The van der Waals surface area contributed by atoms with Gasteiger partial charge in [0, 0.05) is 19.1 Å². The zero-order chi connectivity index (χ0) is 22.0. The number of anilines is 1. The molecule has 4 rings (SSSR count). The summed E-state index contributed by atoms with van der Waals surface area (Å²) in [7, 11) is -1.54. The minimum Gasteiger partial charge on any atom is -0.376 e. The van der Waals surface area contributed by atoms with E-state index in [-0.39, 0.29) is 24.2 Å². The summed E-state index contributed by atoms with van der Waals surface area (Å²) in [6.45, 7) is 2.50. The molecular weight excluding hydrogens is 416 g/mol. The number of aryl methyl sites for hydroxylation is 1. The molecule has 1 saturated heterocycles. The number of rotatable bonds is 7. The highest BCUT2D eigenvalue weighted by Gasteiger charge is 2.43. The minimum absolute atomic E-state index is 0.0892. The Kier molecular flexibility index (Phi) is 6.59. The largest absolute Gasteiger partial charge is 0.376 e. The Labute approximate surface area is 184 Å². The first kappa shape index (κ1) is 22.2. The number of tetrazole rings is 1.